The average Bonchev–Trinajstić information content (AvgIpc) is 2.46. The average molecular weight is 301 g/mol. The van der Waals surface area contributed by atoms with Crippen LogP contribution in [-0.2, 0) is 0 Å². The van der Waals surface area contributed by atoms with Gasteiger partial charge in [0.15, 0.2) is 0 Å². The van der Waals surface area contributed by atoms with Crippen molar-refractivity contribution in [1.82, 2.24) is 14.9 Å². The Balaban J connectivity index is 2.08. The summed E-state index contributed by atoms with van der Waals surface area (Å²) in [6, 6.07) is 9.66. The van der Waals surface area contributed by atoms with Gasteiger partial charge in [0.05, 0.1) is 7.11 Å². The molecule has 0 radical (unpaired) electrons. The third-order valence-electron chi connectivity index (χ3n) is 3.04. The van der Waals surface area contributed by atoms with Gasteiger partial charge in [0.25, 0.3) is 0 Å². The van der Waals surface area contributed by atoms with Gasteiger partial charge in [-0.05, 0) is 33.2 Å². The number of anilines is 3. The minimum atomic E-state index is 0.632. The third-order valence-corrected chi connectivity index (χ3v) is 3.04. The van der Waals surface area contributed by atoms with Crippen LogP contribution < -0.4 is 15.4 Å². The van der Waals surface area contributed by atoms with Gasteiger partial charge in [-0.2, -0.15) is 4.98 Å². The van der Waals surface area contributed by atoms with Gasteiger partial charge in [0.2, 0.25) is 5.95 Å². The first kappa shape index (κ1) is 16.0. The molecule has 0 aliphatic carbocycles. The highest BCUT2D eigenvalue weighted by Gasteiger charge is 2.03. The van der Waals surface area contributed by atoms with Gasteiger partial charge >= 0.3 is 0 Å². The molecule has 0 unspecified atom stereocenters. The first-order valence-electron chi connectivity index (χ1n) is 7.22. The van der Waals surface area contributed by atoms with Crippen LogP contribution in [-0.4, -0.2) is 49.2 Å². The minimum Gasteiger partial charge on any atom is -0.497 e. The Bertz CT molecular complexity index is 615. The van der Waals surface area contributed by atoms with Crippen molar-refractivity contribution in [3.05, 3.63) is 36.0 Å². The van der Waals surface area contributed by atoms with Gasteiger partial charge in [-0.25, -0.2) is 4.98 Å². The van der Waals surface area contributed by atoms with Gasteiger partial charge in [-0.15, -0.1) is 0 Å². The Labute approximate surface area is 131 Å². The van der Waals surface area contributed by atoms with Crippen molar-refractivity contribution in [2.24, 2.45) is 0 Å². The van der Waals surface area contributed by atoms with Gasteiger partial charge in [-0.3, -0.25) is 0 Å². The summed E-state index contributed by atoms with van der Waals surface area (Å²) >= 11 is 0. The Morgan fingerprint density at radius 1 is 1.18 bits per heavy atom. The molecule has 0 amide bonds. The summed E-state index contributed by atoms with van der Waals surface area (Å²) in [5, 5.41) is 6.51. The minimum absolute atomic E-state index is 0.632. The van der Waals surface area contributed by atoms with Gasteiger partial charge < -0.3 is 20.3 Å². The number of benzene rings is 1. The van der Waals surface area contributed by atoms with Crippen LogP contribution in [0.3, 0.4) is 0 Å². The quantitative estimate of drug-likeness (QED) is 0.819. The number of aromatic nitrogens is 2. The molecule has 22 heavy (non-hydrogen) atoms. The van der Waals surface area contributed by atoms with E-state index in [4.69, 9.17) is 4.74 Å². The number of rotatable bonds is 7. The highest BCUT2D eigenvalue weighted by atomic mass is 16.5. The molecule has 0 aliphatic rings. The molecule has 2 N–H and O–H groups in total. The zero-order valence-corrected chi connectivity index (χ0v) is 13.6. The van der Waals surface area contributed by atoms with Crippen LogP contribution in [0, 0.1) is 6.92 Å². The summed E-state index contributed by atoms with van der Waals surface area (Å²) in [7, 11) is 5.73. The fraction of sp³-hybridized carbons (Fsp3) is 0.375. The van der Waals surface area contributed by atoms with Crippen molar-refractivity contribution in [2.75, 3.05) is 44.9 Å². The Hall–Kier alpha value is -2.34. The van der Waals surface area contributed by atoms with Crippen LogP contribution >= 0.6 is 0 Å². The molecule has 1 aromatic heterocycles. The van der Waals surface area contributed by atoms with E-state index in [0.717, 1.165) is 36.0 Å². The number of nitrogens with zero attached hydrogens (tertiary/aromatic N) is 3. The van der Waals surface area contributed by atoms with E-state index in [9.17, 15) is 0 Å². The van der Waals surface area contributed by atoms with E-state index in [-0.39, 0.29) is 0 Å². The molecule has 0 saturated heterocycles. The summed E-state index contributed by atoms with van der Waals surface area (Å²) < 4.78 is 5.23. The molecule has 1 heterocycles. The predicted octanol–water partition coefficient (Wildman–Crippen LogP) is 2.51. The maximum Gasteiger partial charge on any atom is 0.224 e. The number of aryl methyl sites for hydroxylation is 1. The summed E-state index contributed by atoms with van der Waals surface area (Å²) in [6.45, 7) is 3.68. The standard InChI is InChI=1S/C16H23N5O/c1-12-10-15(19-13-6-5-7-14(11-13)22-4)20-16(18-12)17-8-9-21(2)3/h5-7,10-11H,8-9H2,1-4H3,(H2,17,18,19,20). The van der Waals surface area contributed by atoms with E-state index in [1.165, 1.54) is 0 Å². The molecule has 0 fully saturated rings. The second kappa shape index (κ2) is 7.61. The van der Waals surface area contributed by atoms with Crippen molar-refractivity contribution in [2.45, 2.75) is 6.92 Å². The molecule has 0 bridgehead atoms. The molecular weight excluding hydrogens is 278 g/mol. The maximum atomic E-state index is 5.23. The summed E-state index contributed by atoms with van der Waals surface area (Å²) in [4.78, 5) is 11.0. The van der Waals surface area contributed by atoms with Crippen LogP contribution in [0.5, 0.6) is 5.75 Å². The van der Waals surface area contributed by atoms with Crippen LogP contribution in [0.1, 0.15) is 5.69 Å². The normalized spacial score (nSPS) is 10.6. The molecule has 118 valence electrons. The van der Waals surface area contributed by atoms with Gasteiger partial charge in [-0.1, -0.05) is 6.07 Å². The molecule has 0 atom stereocenters. The Morgan fingerprint density at radius 2 is 2.00 bits per heavy atom. The molecule has 6 heteroatoms. The molecule has 0 saturated carbocycles. The SMILES string of the molecule is COc1cccc(Nc2cc(C)nc(NCCN(C)C)n2)c1. The highest BCUT2D eigenvalue weighted by Crippen LogP contribution is 2.21. The fourth-order valence-corrected chi connectivity index (χ4v) is 1.95. The smallest absolute Gasteiger partial charge is 0.224 e. The molecule has 2 rings (SSSR count). The van der Waals surface area contributed by atoms with Crippen molar-refractivity contribution in [3.8, 4) is 5.75 Å². The summed E-state index contributed by atoms with van der Waals surface area (Å²) in [5.41, 5.74) is 1.84. The summed E-state index contributed by atoms with van der Waals surface area (Å²) in [5.74, 6) is 2.19. The maximum absolute atomic E-state index is 5.23. The zero-order valence-electron chi connectivity index (χ0n) is 13.6. The molecule has 2 aromatic rings. The van der Waals surface area contributed by atoms with E-state index in [1.807, 2.05) is 51.4 Å². The number of likely N-dealkylation sites (N-methyl/N-ethyl adjacent to an activating group) is 1. The number of nitrogens with one attached hydrogen (secondary N) is 2. The van der Waals surface area contributed by atoms with Crippen molar-refractivity contribution in [1.29, 1.82) is 0 Å². The number of ether oxygens (including phenoxy) is 1. The second-order valence-electron chi connectivity index (χ2n) is 5.31. The van der Waals surface area contributed by atoms with Gasteiger partial charge in [0, 0.05) is 36.6 Å². The Morgan fingerprint density at radius 3 is 2.73 bits per heavy atom. The molecule has 6 nitrogen and oxygen atoms in total. The lowest BCUT2D eigenvalue weighted by Crippen LogP contribution is -2.21. The fourth-order valence-electron chi connectivity index (χ4n) is 1.95. The van der Waals surface area contributed by atoms with E-state index in [2.05, 4.69) is 25.5 Å². The van der Waals surface area contributed by atoms with Crippen molar-refractivity contribution >= 4 is 17.5 Å². The third kappa shape index (κ3) is 4.89. The number of methoxy groups -OCH3 is 1. The lowest BCUT2D eigenvalue weighted by molar-refractivity contribution is 0.415. The molecule has 0 spiro atoms. The van der Waals surface area contributed by atoms with Crippen molar-refractivity contribution < 1.29 is 4.74 Å². The Kier molecular flexibility index (Phi) is 5.55. The van der Waals surface area contributed by atoms with Crippen LogP contribution in [0.25, 0.3) is 0 Å². The van der Waals surface area contributed by atoms with Crippen LogP contribution in [0.15, 0.2) is 30.3 Å². The first-order valence-corrected chi connectivity index (χ1v) is 7.22. The van der Waals surface area contributed by atoms with E-state index < -0.39 is 0 Å². The topological polar surface area (TPSA) is 62.3 Å². The monoisotopic (exact) mass is 301 g/mol. The predicted molar refractivity (Wildman–Crippen MR) is 90.1 cm³/mol. The largest absolute Gasteiger partial charge is 0.497 e. The number of hydrogen-bond acceptors (Lipinski definition) is 6. The summed E-state index contributed by atoms with van der Waals surface area (Å²) in [6.07, 6.45) is 0. The van der Waals surface area contributed by atoms with Crippen LogP contribution in [0.2, 0.25) is 0 Å². The lowest BCUT2D eigenvalue weighted by atomic mass is 10.3. The zero-order chi connectivity index (χ0) is 15.9. The highest BCUT2D eigenvalue weighted by molar-refractivity contribution is 5.59. The molecular formula is C16H23N5O. The van der Waals surface area contributed by atoms with Gasteiger partial charge in [0.1, 0.15) is 11.6 Å². The number of hydrogen-bond donors (Lipinski definition) is 2. The lowest BCUT2D eigenvalue weighted by Gasteiger charge is -2.12. The van der Waals surface area contributed by atoms with Crippen LogP contribution in [0.4, 0.5) is 17.5 Å². The van der Waals surface area contributed by atoms with E-state index >= 15 is 0 Å². The van der Waals surface area contributed by atoms with Crippen molar-refractivity contribution in [3.63, 3.8) is 0 Å². The second-order valence-corrected chi connectivity index (χ2v) is 5.31. The van der Waals surface area contributed by atoms with E-state index in [0.29, 0.717) is 5.95 Å². The first-order chi connectivity index (χ1) is 10.6. The van der Waals surface area contributed by atoms with E-state index in [1.54, 1.807) is 7.11 Å². The molecule has 0 aliphatic heterocycles. The molecule has 1 aromatic carbocycles.